The van der Waals surface area contributed by atoms with E-state index in [0.29, 0.717) is 18.0 Å². The first-order valence-corrected chi connectivity index (χ1v) is 9.11. The quantitative estimate of drug-likeness (QED) is 0.739. The van der Waals surface area contributed by atoms with E-state index >= 15 is 0 Å². The van der Waals surface area contributed by atoms with Crippen LogP contribution in [0.25, 0.3) is 6.08 Å². The molecule has 0 aliphatic heterocycles. The van der Waals surface area contributed by atoms with Crippen molar-refractivity contribution in [3.63, 3.8) is 0 Å². The van der Waals surface area contributed by atoms with Crippen molar-refractivity contribution in [1.29, 1.82) is 0 Å². The lowest BCUT2D eigenvalue weighted by atomic mass is 9.87. The van der Waals surface area contributed by atoms with Crippen molar-refractivity contribution >= 4 is 12.0 Å². The Balaban J connectivity index is 1.85. The molecule has 1 N–H and O–H groups in total. The van der Waals surface area contributed by atoms with Gasteiger partial charge in [-0.25, -0.2) is 0 Å². The summed E-state index contributed by atoms with van der Waals surface area (Å²) in [6.45, 7) is 7.11. The summed E-state index contributed by atoms with van der Waals surface area (Å²) < 4.78 is 10.5. The number of hydrogen-bond acceptors (Lipinski definition) is 3. The van der Waals surface area contributed by atoms with E-state index in [1.165, 1.54) is 5.56 Å². The highest BCUT2D eigenvalue weighted by atomic mass is 16.5. The normalized spacial score (nSPS) is 11.4. The van der Waals surface area contributed by atoms with Gasteiger partial charge in [0.1, 0.15) is 0 Å². The zero-order valence-electron chi connectivity index (χ0n) is 16.8. The van der Waals surface area contributed by atoms with Crippen LogP contribution >= 0.6 is 0 Å². The Morgan fingerprint density at radius 2 is 1.67 bits per heavy atom. The van der Waals surface area contributed by atoms with Crippen molar-refractivity contribution in [2.24, 2.45) is 0 Å². The van der Waals surface area contributed by atoms with Crippen molar-refractivity contribution in [2.75, 3.05) is 20.8 Å². The van der Waals surface area contributed by atoms with Crippen LogP contribution in [-0.4, -0.2) is 26.7 Å². The molecule has 0 atom stereocenters. The van der Waals surface area contributed by atoms with Gasteiger partial charge in [-0.2, -0.15) is 0 Å². The molecule has 1 amide bonds. The van der Waals surface area contributed by atoms with Crippen LogP contribution in [0.4, 0.5) is 0 Å². The smallest absolute Gasteiger partial charge is 0.244 e. The van der Waals surface area contributed by atoms with Crippen molar-refractivity contribution in [2.45, 2.75) is 32.6 Å². The maximum absolute atomic E-state index is 12.0. The lowest BCUT2D eigenvalue weighted by molar-refractivity contribution is -0.116. The summed E-state index contributed by atoms with van der Waals surface area (Å²) in [6.07, 6.45) is 4.12. The van der Waals surface area contributed by atoms with Crippen molar-refractivity contribution in [1.82, 2.24) is 5.32 Å². The third-order valence-electron chi connectivity index (χ3n) is 4.36. The molecule has 144 valence electrons. The maximum atomic E-state index is 12.0. The Morgan fingerprint density at radius 3 is 2.26 bits per heavy atom. The molecule has 2 aromatic carbocycles. The molecule has 0 aliphatic carbocycles. The first kappa shape index (κ1) is 20.6. The van der Waals surface area contributed by atoms with Gasteiger partial charge in [-0.3, -0.25) is 4.79 Å². The van der Waals surface area contributed by atoms with E-state index in [1.807, 2.05) is 36.4 Å². The summed E-state index contributed by atoms with van der Waals surface area (Å²) in [7, 11) is 3.23. The molecular weight excluding hydrogens is 338 g/mol. The molecule has 0 bridgehead atoms. The number of nitrogens with one attached hydrogen (secondary N) is 1. The van der Waals surface area contributed by atoms with Crippen LogP contribution in [0.2, 0.25) is 0 Å². The second kappa shape index (κ2) is 9.26. The monoisotopic (exact) mass is 367 g/mol. The lowest BCUT2D eigenvalue weighted by Gasteiger charge is -2.18. The summed E-state index contributed by atoms with van der Waals surface area (Å²) in [5.41, 5.74) is 3.50. The van der Waals surface area contributed by atoms with E-state index in [2.05, 4.69) is 38.2 Å². The van der Waals surface area contributed by atoms with Gasteiger partial charge in [0.05, 0.1) is 14.2 Å². The lowest BCUT2D eigenvalue weighted by Crippen LogP contribution is -2.23. The minimum atomic E-state index is -0.102. The van der Waals surface area contributed by atoms with Crippen molar-refractivity contribution < 1.29 is 14.3 Å². The molecule has 27 heavy (non-hydrogen) atoms. The number of ether oxygens (including phenoxy) is 2. The van der Waals surface area contributed by atoms with Gasteiger partial charge in [0.2, 0.25) is 5.91 Å². The Labute approximate surface area is 162 Å². The minimum absolute atomic E-state index is 0.102. The molecular formula is C23H29NO3. The summed E-state index contributed by atoms with van der Waals surface area (Å²) in [4.78, 5) is 12.0. The molecule has 0 saturated carbocycles. The standard InChI is InChI=1S/C23H29NO3/c1-23(2,3)19-10-6-17(7-11-19)9-13-22(25)24-15-14-18-8-12-20(26-4)21(16-18)27-5/h6-13,16H,14-15H2,1-5H3,(H,24,25). The van der Waals surface area contributed by atoms with Crippen LogP contribution in [0.5, 0.6) is 11.5 Å². The fraction of sp³-hybridized carbons (Fsp3) is 0.348. The molecule has 0 fully saturated rings. The number of rotatable bonds is 7. The predicted octanol–water partition coefficient (Wildman–Crippen LogP) is 4.37. The van der Waals surface area contributed by atoms with E-state index in [9.17, 15) is 4.79 Å². The molecule has 4 heteroatoms. The SMILES string of the molecule is COc1ccc(CCNC(=O)C=Cc2ccc(C(C)(C)C)cc2)cc1OC. The van der Waals surface area contributed by atoms with Crippen LogP contribution < -0.4 is 14.8 Å². The number of carbonyl (C=O) groups is 1. The van der Waals surface area contributed by atoms with Crippen molar-refractivity contribution in [3.05, 3.63) is 65.2 Å². The topological polar surface area (TPSA) is 47.6 Å². The van der Waals surface area contributed by atoms with Gasteiger partial charge < -0.3 is 14.8 Å². The second-order valence-corrected chi connectivity index (χ2v) is 7.44. The van der Waals surface area contributed by atoms with E-state index in [1.54, 1.807) is 20.3 Å². The maximum Gasteiger partial charge on any atom is 0.244 e. The summed E-state index contributed by atoms with van der Waals surface area (Å²) in [5.74, 6) is 1.29. The van der Waals surface area contributed by atoms with E-state index in [-0.39, 0.29) is 11.3 Å². The first-order valence-electron chi connectivity index (χ1n) is 9.11. The average molecular weight is 367 g/mol. The molecule has 0 heterocycles. The molecule has 2 aromatic rings. The van der Waals surface area contributed by atoms with E-state index in [4.69, 9.17) is 9.47 Å². The fourth-order valence-electron chi connectivity index (χ4n) is 2.69. The highest BCUT2D eigenvalue weighted by Gasteiger charge is 2.12. The van der Waals surface area contributed by atoms with Gasteiger partial charge in [0.15, 0.2) is 11.5 Å². The Bertz CT molecular complexity index is 786. The summed E-state index contributed by atoms with van der Waals surface area (Å²) in [6, 6.07) is 14.1. The number of methoxy groups -OCH3 is 2. The van der Waals surface area contributed by atoms with Gasteiger partial charge >= 0.3 is 0 Å². The molecule has 2 rings (SSSR count). The molecule has 4 nitrogen and oxygen atoms in total. The van der Waals surface area contributed by atoms with Gasteiger partial charge in [0, 0.05) is 12.6 Å². The van der Waals surface area contributed by atoms with Gasteiger partial charge in [-0.05, 0) is 46.7 Å². The zero-order chi connectivity index (χ0) is 19.9. The summed E-state index contributed by atoms with van der Waals surface area (Å²) in [5, 5.41) is 2.91. The number of benzene rings is 2. The number of amides is 1. The molecule has 0 radical (unpaired) electrons. The second-order valence-electron chi connectivity index (χ2n) is 7.44. The summed E-state index contributed by atoms with van der Waals surface area (Å²) >= 11 is 0. The van der Waals surface area contributed by atoms with Crippen molar-refractivity contribution in [3.8, 4) is 11.5 Å². The van der Waals surface area contributed by atoms with Crippen LogP contribution in [-0.2, 0) is 16.6 Å². The molecule has 0 aromatic heterocycles. The third-order valence-corrected chi connectivity index (χ3v) is 4.36. The molecule has 0 saturated heterocycles. The minimum Gasteiger partial charge on any atom is -0.493 e. The van der Waals surface area contributed by atoms with Gasteiger partial charge in [-0.1, -0.05) is 51.1 Å². The van der Waals surface area contributed by atoms with Crippen LogP contribution in [0.15, 0.2) is 48.5 Å². The Morgan fingerprint density at radius 1 is 1.00 bits per heavy atom. The molecule has 0 aliphatic rings. The average Bonchev–Trinajstić information content (AvgIpc) is 2.65. The predicted molar refractivity (Wildman–Crippen MR) is 110 cm³/mol. The van der Waals surface area contributed by atoms with Crippen LogP contribution in [0.3, 0.4) is 0 Å². The molecule has 0 unspecified atom stereocenters. The fourth-order valence-corrected chi connectivity index (χ4v) is 2.69. The highest BCUT2D eigenvalue weighted by Crippen LogP contribution is 2.27. The zero-order valence-corrected chi connectivity index (χ0v) is 16.8. The van der Waals surface area contributed by atoms with Gasteiger partial charge in [-0.15, -0.1) is 0 Å². The Hall–Kier alpha value is -2.75. The van der Waals surface area contributed by atoms with Gasteiger partial charge in [0.25, 0.3) is 0 Å². The van der Waals surface area contributed by atoms with Crippen LogP contribution in [0.1, 0.15) is 37.5 Å². The number of hydrogen-bond donors (Lipinski definition) is 1. The van der Waals surface area contributed by atoms with E-state index in [0.717, 1.165) is 17.5 Å². The Kier molecular flexibility index (Phi) is 7.05. The first-order chi connectivity index (χ1) is 12.8. The van der Waals surface area contributed by atoms with Crippen LogP contribution in [0, 0.1) is 0 Å². The largest absolute Gasteiger partial charge is 0.493 e. The number of carbonyl (C=O) groups excluding carboxylic acids is 1. The van der Waals surface area contributed by atoms with E-state index < -0.39 is 0 Å². The highest BCUT2D eigenvalue weighted by molar-refractivity contribution is 5.91. The molecule has 0 spiro atoms. The third kappa shape index (κ3) is 6.17.